The number of amides is 2. The molecule has 8 heteroatoms. The second-order valence-electron chi connectivity index (χ2n) is 4.80. The van der Waals surface area contributed by atoms with Crippen molar-refractivity contribution in [1.29, 1.82) is 0 Å². The van der Waals surface area contributed by atoms with E-state index in [-0.39, 0.29) is 36.5 Å². The summed E-state index contributed by atoms with van der Waals surface area (Å²) in [4.78, 5) is 33.3. The molecule has 0 aliphatic rings. The number of nitrogens with one attached hydrogen (secondary N) is 3. The third-order valence-electron chi connectivity index (χ3n) is 3.08. The molecule has 0 saturated carbocycles. The largest absolute Gasteiger partial charge is 0.354 e. The summed E-state index contributed by atoms with van der Waals surface area (Å²) < 4.78 is 0. The average molecular weight is 308 g/mol. The fourth-order valence-electron chi connectivity index (χ4n) is 1.58. The number of likely N-dealkylation sites (N-methyl/N-ethyl adjacent to an activating group) is 1. The number of nitro groups is 1. The van der Waals surface area contributed by atoms with Gasteiger partial charge in [0.25, 0.3) is 11.6 Å². The molecule has 0 saturated heterocycles. The predicted molar refractivity (Wildman–Crippen MR) is 81.6 cm³/mol. The van der Waals surface area contributed by atoms with Gasteiger partial charge in [-0.2, -0.15) is 0 Å². The maximum atomic E-state index is 11.8. The van der Waals surface area contributed by atoms with Gasteiger partial charge in [0.2, 0.25) is 5.91 Å². The first-order valence-corrected chi connectivity index (χ1v) is 6.90. The van der Waals surface area contributed by atoms with E-state index in [1.165, 1.54) is 24.3 Å². The van der Waals surface area contributed by atoms with Crippen molar-refractivity contribution in [2.45, 2.75) is 19.4 Å². The first-order valence-electron chi connectivity index (χ1n) is 6.90. The number of hydrogen-bond acceptors (Lipinski definition) is 5. The van der Waals surface area contributed by atoms with Gasteiger partial charge in [-0.15, -0.1) is 0 Å². The molecule has 0 spiro atoms. The molecule has 1 atom stereocenters. The summed E-state index contributed by atoms with van der Waals surface area (Å²) >= 11 is 0. The Morgan fingerprint density at radius 3 is 2.41 bits per heavy atom. The van der Waals surface area contributed by atoms with Gasteiger partial charge in [0.15, 0.2) is 0 Å². The third kappa shape index (κ3) is 5.88. The van der Waals surface area contributed by atoms with E-state index in [2.05, 4.69) is 16.0 Å². The number of non-ortho nitro benzene ring substituents is 1. The molecular weight excluding hydrogens is 288 g/mol. The average Bonchev–Trinajstić information content (AvgIpc) is 2.52. The predicted octanol–water partition coefficient (Wildman–Crippen LogP) is 0.439. The first kappa shape index (κ1) is 17.6. The van der Waals surface area contributed by atoms with Gasteiger partial charge in [0.1, 0.15) is 0 Å². The van der Waals surface area contributed by atoms with Crippen molar-refractivity contribution in [2.24, 2.45) is 0 Å². The molecule has 8 nitrogen and oxygen atoms in total. The topological polar surface area (TPSA) is 113 Å². The molecular formula is C14H20N4O4. The zero-order valence-electron chi connectivity index (χ0n) is 12.6. The highest BCUT2D eigenvalue weighted by molar-refractivity contribution is 5.94. The number of rotatable bonds is 8. The van der Waals surface area contributed by atoms with E-state index in [0.717, 1.165) is 0 Å². The number of nitrogens with zero attached hydrogens (tertiary/aromatic N) is 1. The van der Waals surface area contributed by atoms with Crippen LogP contribution in [0.5, 0.6) is 0 Å². The van der Waals surface area contributed by atoms with E-state index in [1.807, 2.05) is 6.92 Å². The quantitative estimate of drug-likeness (QED) is 0.476. The van der Waals surface area contributed by atoms with Crippen molar-refractivity contribution >= 4 is 17.5 Å². The number of carbonyl (C=O) groups excluding carboxylic acids is 2. The molecule has 3 N–H and O–H groups in total. The van der Waals surface area contributed by atoms with Crippen molar-refractivity contribution < 1.29 is 14.5 Å². The molecule has 1 rings (SSSR count). The first-order chi connectivity index (χ1) is 10.4. The molecule has 0 bridgehead atoms. The normalized spacial score (nSPS) is 11.5. The van der Waals surface area contributed by atoms with Crippen LogP contribution in [0.2, 0.25) is 0 Å². The second kappa shape index (κ2) is 8.73. The number of nitro benzene ring substituents is 1. The highest BCUT2D eigenvalue weighted by Gasteiger charge is 2.10. The third-order valence-corrected chi connectivity index (χ3v) is 3.08. The summed E-state index contributed by atoms with van der Waals surface area (Å²) in [6.45, 7) is 2.66. The number of carbonyl (C=O) groups is 2. The summed E-state index contributed by atoms with van der Waals surface area (Å²) in [6, 6.07) is 5.46. The highest BCUT2D eigenvalue weighted by atomic mass is 16.6. The molecule has 0 aliphatic heterocycles. The van der Waals surface area contributed by atoms with Gasteiger partial charge in [0.05, 0.1) is 4.92 Å². The van der Waals surface area contributed by atoms with Gasteiger partial charge >= 0.3 is 0 Å². The minimum Gasteiger partial charge on any atom is -0.354 e. The maximum Gasteiger partial charge on any atom is 0.269 e. The van der Waals surface area contributed by atoms with Crippen molar-refractivity contribution in [3.8, 4) is 0 Å². The molecule has 0 aliphatic carbocycles. The Labute approximate surface area is 128 Å². The van der Waals surface area contributed by atoms with Crippen LogP contribution < -0.4 is 16.0 Å². The molecule has 1 aromatic carbocycles. The van der Waals surface area contributed by atoms with E-state index in [9.17, 15) is 19.7 Å². The fraction of sp³-hybridized carbons (Fsp3) is 0.429. The van der Waals surface area contributed by atoms with Crippen LogP contribution >= 0.6 is 0 Å². The lowest BCUT2D eigenvalue weighted by Gasteiger charge is -2.11. The van der Waals surface area contributed by atoms with E-state index < -0.39 is 4.92 Å². The van der Waals surface area contributed by atoms with E-state index in [1.54, 1.807) is 7.05 Å². The zero-order valence-corrected chi connectivity index (χ0v) is 12.6. The Balaban J connectivity index is 2.34. The van der Waals surface area contributed by atoms with Crippen molar-refractivity contribution in [3.05, 3.63) is 39.9 Å². The Hall–Kier alpha value is -2.48. The fourth-order valence-corrected chi connectivity index (χ4v) is 1.58. The number of hydrogen-bond donors (Lipinski definition) is 3. The summed E-state index contributed by atoms with van der Waals surface area (Å²) in [6.07, 6.45) is 0.176. The molecule has 2 amide bonds. The van der Waals surface area contributed by atoms with Crippen LogP contribution in [0, 0.1) is 10.1 Å². The van der Waals surface area contributed by atoms with Gasteiger partial charge in [-0.25, -0.2) is 0 Å². The van der Waals surface area contributed by atoms with Crippen LogP contribution in [-0.2, 0) is 4.79 Å². The molecule has 0 fully saturated rings. The minimum absolute atomic E-state index is 0.0745. The lowest BCUT2D eigenvalue weighted by atomic mass is 10.2. The van der Waals surface area contributed by atoms with Crippen molar-refractivity contribution in [1.82, 2.24) is 16.0 Å². The molecule has 22 heavy (non-hydrogen) atoms. The zero-order chi connectivity index (χ0) is 16.5. The summed E-state index contributed by atoms with van der Waals surface area (Å²) in [7, 11) is 1.81. The maximum absolute atomic E-state index is 11.8. The van der Waals surface area contributed by atoms with Crippen molar-refractivity contribution in [3.63, 3.8) is 0 Å². The Morgan fingerprint density at radius 2 is 1.86 bits per heavy atom. The lowest BCUT2D eigenvalue weighted by molar-refractivity contribution is -0.384. The van der Waals surface area contributed by atoms with Crippen LogP contribution in [0.15, 0.2) is 24.3 Å². The van der Waals surface area contributed by atoms with Crippen LogP contribution in [-0.4, -0.2) is 42.9 Å². The smallest absolute Gasteiger partial charge is 0.269 e. The van der Waals surface area contributed by atoms with E-state index >= 15 is 0 Å². The van der Waals surface area contributed by atoms with Crippen LogP contribution in [0.3, 0.4) is 0 Å². The monoisotopic (exact) mass is 308 g/mol. The van der Waals surface area contributed by atoms with Gasteiger partial charge in [0, 0.05) is 43.2 Å². The number of benzene rings is 1. The lowest BCUT2D eigenvalue weighted by Crippen LogP contribution is -2.38. The molecule has 1 aromatic rings. The molecule has 0 radical (unpaired) electrons. The minimum atomic E-state index is -0.530. The summed E-state index contributed by atoms with van der Waals surface area (Å²) in [5.74, 6) is -0.516. The Kier molecular flexibility index (Phi) is 6.97. The molecule has 0 aromatic heterocycles. The Bertz CT molecular complexity index is 530. The van der Waals surface area contributed by atoms with Crippen LogP contribution in [0.25, 0.3) is 0 Å². The molecule has 0 heterocycles. The Morgan fingerprint density at radius 1 is 1.23 bits per heavy atom. The standard InChI is InChI=1S/C14H20N4O4/c1-10(15-2)9-17-13(19)7-8-16-14(20)11-3-5-12(6-4-11)18(21)22/h3-6,10,15H,7-9H2,1-2H3,(H,16,20)(H,17,19). The second-order valence-corrected chi connectivity index (χ2v) is 4.80. The van der Waals surface area contributed by atoms with Crippen molar-refractivity contribution in [2.75, 3.05) is 20.1 Å². The van der Waals surface area contributed by atoms with Gasteiger partial charge in [-0.1, -0.05) is 0 Å². The van der Waals surface area contributed by atoms with Gasteiger partial charge < -0.3 is 16.0 Å². The van der Waals surface area contributed by atoms with Crippen LogP contribution in [0.4, 0.5) is 5.69 Å². The van der Waals surface area contributed by atoms with E-state index in [4.69, 9.17) is 0 Å². The summed E-state index contributed by atoms with van der Waals surface area (Å²) in [5, 5.41) is 18.8. The van der Waals surface area contributed by atoms with Gasteiger partial charge in [-0.05, 0) is 26.1 Å². The van der Waals surface area contributed by atoms with Crippen LogP contribution in [0.1, 0.15) is 23.7 Å². The van der Waals surface area contributed by atoms with Gasteiger partial charge in [-0.3, -0.25) is 19.7 Å². The van der Waals surface area contributed by atoms with E-state index in [0.29, 0.717) is 12.1 Å². The molecule has 1 unspecified atom stereocenters. The molecule has 120 valence electrons. The SMILES string of the molecule is CNC(C)CNC(=O)CCNC(=O)c1ccc([N+](=O)[O-])cc1. The highest BCUT2D eigenvalue weighted by Crippen LogP contribution is 2.11. The summed E-state index contributed by atoms with van der Waals surface area (Å²) in [5.41, 5.74) is 0.240.